The van der Waals surface area contributed by atoms with E-state index >= 15 is 0 Å². The molecule has 2 aromatic rings. The Morgan fingerprint density at radius 1 is 0.952 bits per heavy atom. The van der Waals surface area contributed by atoms with Gasteiger partial charge in [-0.2, -0.15) is 0 Å². The quantitative estimate of drug-likeness (QED) is 0.557. The van der Waals surface area contributed by atoms with Gasteiger partial charge >= 0.3 is 0 Å². The van der Waals surface area contributed by atoms with Crippen LogP contribution in [-0.2, 0) is 5.41 Å². The summed E-state index contributed by atoms with van der Waals surface area (Å²) in [5.74, 6) is 1.77. The van der Waals surface area contributed by atoms with Crippen LogP contribution in [0.1, 0.15) is 26.3 Å². The van der Waals surface area contributed by atoms with Crippen molar-refractivity contribution in [1.29, 1.82) is 0 Å². The molecule has 0 fully saturated rings. The van der Waals surface area contributed by atoms with E-state index in [-0.39, 0.29) is 29.4 Å². The Bertz CT molecular complexity index is 690. The van der Waals surface area contributed by atoms with Gasteiger partial charge in [0, 0.05) is 18.6 Å². The molecule has 3 rings (SSSR count). The standard InChI is InChI=1S/C18H20NO.HI/c1-13-18(2,3)16-12-15(10-11-17(16)19(13)4)20-14-8-6-5-7-9-14;/h5-12H,1-4H3;1H/q+1;/p-1. The number of fused-ring (bicyclic) bond motifs is 1. The van der Waals surface area contributed by atoms with Crippen LogP contribution in [0.25, 0.3) is 0 Å². The zero-order valence-corrected chi connectivity index (χ0v) is 15.0. The van der Waals surface area contributed by atoms with Crippen LogP contribution in [0, 0.1) is 0 Å². The highest BCUT2D eigenvalue weighted by molar-refractivity contribution is 5.93. The number of ether oxygens (including phenoxy) is 1. The van der Waals surface area contributed by atoms with Gasteiger partial charge in [-0.05, 0) is 38.1 Å². The summed E-state index contributed by atoms with van der Waals surface area (Å²) in [6.45, 7) is 6.71. The van der Waals surface area contributed by atoms with E-state index < -0.39 is 0 Å². The summed E-state index contributed by atoms with van der Waals surface area (Å²) >= 11 is 0. The zero-order valence-electron chi connectivity index (χ0n) is 12.9. The van der Waals surface area contributed by atoms with Crippen molar-refractivity contribution >= 4 is 11.4 Å². The predicted molar refractivity (Wildman–Crippen MR) is 82.5 cm³/mol. The maximum absolute atomic E-state index is 5.94. The highest BCUT2D eigenvalue weighted by atomic mass is 127. The van der Waals surface area contributed by atoms with E-state index in [2.05, 4.69) is 44.5 Å². The van der Waals surface area contributed by atoms with Gasteiger partial charge in [0.15, 0.2) is 5.71 Å². The lowest BCUT2D eigenvalue weighted by atomic mass is 9.82. The molecule has 0 bridgehead atoms. The van der Waals surface area contributed by atoms with Gasteiger partial charge in [-0.15, -0.1) is 0 Å². The Morgan fingerprint density at radius 2 is 1.62 bits per heavy atom. The van der Waals surface area contributed by atoms with E-state index in [1.54, 1.807) is 0 Å². The fraction of sp³-hybridized carbons (Fsp3) is 0.278. The number of para-hydroxylation sites is 1. The van der Waals surface area contributed by atoms with Crippen LogP contribution in [0.15, 0.2) is 48.5 Å². The fourth-order valence-electron chi connectivity index (χ4n) is 2.79. The first-order valence-corrected chi connectivity index (χ1v) is 6.95. The van der Waals surface area contributed by atoms with E-state index in [0.29, 0.717) is 0 Å². The van der Waals surface area contributed by atoms with Crippen LogP contribution in [0.4, 0.5) is 5.69 Å². The number of nitrogens with zero attached hydrogens (tertiary/aromatic N) is 1. The van der Waals surface area contributed by atoms with E-state index in [1.165, 1.54) is 17.0 Å². The van der Waals surface area contributed by atoms with Crippen molar-refractivity contribution < 1.29 is 33.3 Å². The van der Waals surface area contributed by atoms with Crippen LogP contribution >= 0.6 is 0 Å². The summed E-state index contributed by atoms with van der Waals surface area (Å²) < 4.78 is 8.21. The van der Waals surface area contributed by atoms with Crippen molar-refractivity contribution in [2.45, 2.75) is 26.2 Å². The van der Waals surface area contributed by atoms with Gasteiger partial charge in [0.05, 0.1) is 5.41 Å². The summed E-state index contributed by atoms with van der Waals surface area (Å²) in [5.41, 5.74) is 4.02. The third kappa shape index (κ3) is 2.71. The molecule has 0 unspecified atom stereocenters. The molecule has 0 saturated carbocycles. The molecule has 1 aliphatic heterocycles. The van der Waals surface area contributed by atoms with Crippen LogP contribution < -0.4 is 28.7 Å². The van der Waals surface area contributed by atoms with Gasteiger partial charge in [0.25, 0.3) is 0 Å². The van der Waals surface area contributed by atoms with Crippen molar-refractivity contribution in [2.24, 2.45) is 0 Å². The monoisotopic (exact) mass is 393 g/mol. The fourth-order valence-corrected chi connectivity index (χ4v) is 2.79. The number of rotatable bonds is 2. The van der Waals surface area contributed by atoms with Crippen molar-refractivity contribution in [3.05, 3.63) is 54.1 Å². The van der Waals surface area contributed by atoms with E-state index in [9.17, 15) is 0 Å². The Kier molecular flexibility index (Phi) is 4.42. The molecule has 0 aromatic heterocycles. The number of benzene rings is 2. The first-order valence-electron chi connectivity index (χ1n) is 6.95. The van der Waals surface area contributed by atoms with Crippen molar-refractivity contribution in [2.75, 3.05) is 7.05 Å². The molecule has 3 heteroatoms. The number of hydrogen-bond acceptors (Lipinski definition) is 1. The lowest BCUT2D eigenvalue weighted by Crippen LogP contribution is -3.00. The maximum Gasteiger partial charge on any atom is 0.209 e. The van der Waals surface area contributed by atoms with E-state index in [0.717, 1.165) is 11.5 Å². The zero-order chi connectivity index (χ0) is 14.3. The molecular formula is C18H20INO. The minimum atomic E-state index is 0. The lowest BCUT2D eigenvalue weighted by Gasteiger charge is -2.16. The maximum atomic E-state index is 5.94. The van der Waals surface area contributed by atoms with Gasteiger partial charge < -0.3 is 28.7 Å². The van der Waals surface area contributed by atoms with Gasteiger partial charge in [0.1, 0.15) is 18.5 Å². The Labute approximate surface area is 143 Å². The molecular weight excluding hydrogens is 373 g/mol. The highest BCUT2D eigenvalue weighted by Crippen LogP contribution is 2.41. The van der Waals surface area contributed by atoms with Gasteiger partial charge in [-0.3, -0.25) is 0 Å². The topological polar surface area (TPSA) is 12.2 Å². The third-order valence-electron chi connectivity index (χ3n) is 4.39. The molecule has 110 valence electrons. The van der Waals surface area contributed by atoms with E-state index in [4.69, 9.17) is 4.74 Å². The Hall–Kier alpha value is -1.36. The van der Waals surface area contributed by atoms with Crippen LogP contribution in [0.3, 0.4) is 0 Å². The molecule has 0 amide bonds. The molecule has 0 aliphatic carbocycles. The number of halogens is 1. The second kappa shape index (κ2) is 5.79. The van der Waals surface area contributed by atoms with E-state index in [1.807, 2.05) is 36.4 Å². The summed E-state index contributed by atoms with van der Waals surface area (Å²) in [4.78, 5) is 0. The molecule has 1 heterocycles. The average molecular weight is 393 g/mol. The van der Waals surface area contributed by atoms with Crippen molar-refractivity contribution in [3.8, 4) is 11.5 Å². The van der Waals surface area contributed by atoms with Crippen molar-refractivity contribution in [1.82, 2.24) is 0 Å². The van der Waals surface area contributed by atoms with Crippen LogP contribution in [0.2, 0.25) is 0 Å². The largest absolute Gasteiger partial charge is 1.00 e. The molecule has 2 aromatic carbocycles. The van der Waals surface area contributed by atoms with Crippen LogP contribution in [-0.4, -0.2) is 17.3 Å². The van der Waals surface area contributed by atoms with Gasteiger partial charge in [-0.1, -0.05) is 18.2 Å². The van der Waals surface area contributed by atoms with Gasteiger partial charge in [0.2, 0.25) is 5.69 Å². The summed E-state index contributed by atoms with van der Waals surface area (Å²) in [6.07, 6.45) is 0. The first kappa shape index (κ1) is 16.0. The molecule has 1 aliphatic rings. The predicted octanol–water partition coefficient (Wildman–Crippen LogP) is 1.51. The number of hydrogen-bond donors (Lipinski definition) is 0. The normalized spacial score (nSPS) is 15.4. The summed E-state index contributed by atoms with van der Waals surface area (Å²) in [5, 5.41) is 0. The lowest BCUT2D eigenvalue weighted by molar-refractivity contribution is -0.403. The molecule has 0 radical (unpaired) electrons. The summed E-state index contributed by atoms with van der Waals surface area (Å²) in [7, 11) is 2.13. The SMILES string of the molecule is CC1=[N+](C)c2ccc(Oc3ccccc3)cc2C1(C)C.[I-]. The Balaban J connectivity index is 0.00000161. The van der Waals surface area contributed by atoms with Gasteiger partial charge in [-0.25, -0.2) is 4.58 Å². The molecule has 2 nitrogen and oxygen atoms in total. The molecule has 0 saturated heterocycles. The summed E-state index contributed by atoms with van der Waals surface area (Å²) in [6, 6.07) is 16.3. The second-order valence-electron chi connectivity index (χ2n) is 5.86. The smallest absolute Gasteiger partial charge is 0.209 e. The Morgan fingerprint density at radius 3 is 2.29 bits per heavy atom. The third-order valence-corrected chi connectivity index (χ3v) is 4.39. The molecule has 0 N–H and O–H groups in total. The minimum absolute atomic E-state index is 0. The molecule has 21 heavy (non-hydrogen) atoms. The molecule has 0 spiro atoms. The second-order valence-corrected chi connectivity index (χ2v) is 5.86. The first-order chi connectivity index (χ1) is 9.50. The highest BCUT2D eigenvalue weighted by Gasteiger charge is 2.41. The minimum Gasteiger partial charge on any atom is -1.00 e. The molecule has 0 atom stereocenters. The van der Waals surface area contributed by atoms with Crippen molar-refractivity contribution in [3.63, 3.8) is 0 Å². The average Bonchev–Trinajstić information content (AvgIpc) is 2.62. The van der Waals surface area contributed by atoms with Crippen LogP contribution in [0.5, 0.6) is 11.5 Å².